The van der Waals surface area contributed by atoms with Crippen molar-refractivity contribution in [2.75, 3.05) is 0 Å². The molecule has 2 heterocycles. The number of nitrogens with one attached hydrogen (secondary N) is 2. The molecule has 2 rings (SSSR count). The summed E-state index contributed by atoms with van der Waals surface area (Å²) in [6.07, 6.45) is 7.63. The second-order valence-electron chi connectivity index (χ2n) is 4.97. The Morgan fingerprint density at radius 2 is 1.90 bits per heavy atom. The first kappa shape index (κ1) is 15.0. The van der Waals surface area contributed by atoms with Crippen molar-refractivity contribution in [3.63, 3.8) is 0 Å². The second kappa shape index (κ2) is 6.83. The average Bonchev–Trinajstić information content (AvgIpc) is 2.42. The Hall–Kier alpha value is -2.44. The predicted octanol–water partition coefficient (Wildman–Crippen LogP) is -0.0742. The summed E-state index contributed by atoms with van der Waals surface area (Å²) in [5.74, 6) is -0.869. The molecule has 0 radical (unpaired) electrons. The smallest absolute Gasteiger partial charge is 0.301 e. The first-order chi connectivity index (χ1) is 10.1. The van der Waals surface area contributed by atoms with Crippen molar-refractivity contribution in [1.29, 1.82) is 0 Å². The first-order valence-corrected chi connectivity index (χ1v) is 6.89. The summed E-state index contributed by atoms with van der Waals surface area (Å²) in [5, 5.41) is 2.27. The highest BCUT2D eigenvalue weighted by Gasteiger charge is 2.20. The lowest BCUT2D eigenvalue weighted by Gasteiger charge is -2.15. The fourth-order valence-corrected chi connectivity index (χ4v) is 2.22. The number of unbranched alkanes of at least 4 members (excludes halogenated alkanes) is 2. The maximum Gasteiger partial charge on any atom is 0.328 e. The van der Waals surface area contributed by atoms with Gasteiger partial charge in [-0.3, -0.25) is 24.7 Å². The highest BCUT2D eigenvalue weighted by atomic mass is 16.2. The number of carbonyl (C=O) groups is 2. The lowest BCUT2D eigenvalue weighted by Crippen LogP contribution is -2.37. The van der Waals surface area contributed by atoms with Crippen LogP contribution in [0.4, 0.5) is 0 Å². The largest absolute Gasteiger partial charge is 0.328 e. The van der Waals surface area contributed by atoms with Gasteiger partial charge in [-0.05, 0) is 12.8 Å². The molecule has 0 saturated carbocycles. The molecule has 2 N–H and O–H groups in total. The minimum absolute atomic E-state index is 0.251. The van der Waals surface area contributed by atoms with Crippen LogP contribution in [0.5, 0.6) is 0 Å². The lowest BCUT2D eigenvalue weighted by atomic mass is 9.97. The molecule has 21 heavy (non-hydrogen) atoms. The van der Waals surface area contributed by atoms with Gasteiger partial charge in [0.05, 0.1) is 5.92 Å². The minimum Gasteiger partial charge on any atom is -0.301 e. The van der Waals surface area contributed by atoms with Gasteiger partial charge in [-0.15, -0.1) is 0 Å². The number of amides is 2. The van der Waals surface area contributed by atoms with E-state index in [2.05, 4.69) is 10.3 Å². The van der Waals surface area contributed by atoms with Crippen molar-refractivity contribution in [1.82, 2.24) is 14.9 Å². The Morgan fingerprint density at radius 1 is 1.10 bits per heavy atom. The fourth-order valence-electron chi connectivity index (χ4n) is 2.22. The molecule has 7 heteroatoms. The quantitative estimate of drug-likeness (QED) is 0.565. The molecule has 1 aliphatic heterocycles. The van der Waals surface area contributed by atoms with Gasteiger partial charge in [-0.25, -0.2) is 4.79 Å². The van der Waals surface area contributed by atoms with Crippen LogP contribution in [0.1, 0.15) is 25.7 Å². The topological polar surface area (TPSA) is 101 Å². The van der Waals surface area contributed by atoms with Crippen LogP contribution in [0.25, 0.3) is 0 Å². The Labute approximate surface area is 120 Å². The Bertz CT molecular complexity index is 671. The highest BCUT2D eigenvalue weighted by molar-refractivity contribution is 6.05. The van der Waals surface area contributed by atoms with Crippen molar-refractivity contribution in [3.8, 4) is 0 Å². The molecule has 0 spiro atoms. The van der Waals surface area contributed by atoms with Crippen LogP contribution in [0.2, 0.25) is 0 Å². The first-order valence-electron chi connectivity index (χ1n) is 6.89. The van der Waals surface area contributed by atoms with Gasteiger partial charge in [0.1, 0.15) is 0 Å². The number of nitrogens with zero attached hydrogens (tertiary/aromatic N) is 1. The van der Waals surface area contributed by atoms with Gasteiger partial charge < -0.3 is 4.57 Å². The molecular weight excluding hydrogens is 274 g/mol. The van der Waals surface area contributed by atoms with Crippen LogP contribution in [-0.4, -0.2) is 21.4 Å². The minimum atomic E-state index is -0.407. The van der Waals surface area contributed by atoms with E-state index in [9.17, 15) is 19.2 Å². The SMILES string of the molecule is O=C1C=CC(CCCCCn2ccc(=O)[nH]c2=O)C(=O)N1. The maximum absolute atomic E-state index is 11.5. The van der Waals surface area contributed by atoms with Crippen LogP contribution in [-0.2, 0) is 16.1 Å². The number of hydrogen-bond acceptors (Lipinski definition) is 4. The van der Waals surface area contributed by atoms with Crippen molar-refractivity contribution in [2.24, 2.45) is 5.92 Å². The summed E-state index contributed by atoms with van der Waals surface area (Å²) in [7, 11) is 0. The number of aryl methyl sites for hydroxylation is 1. The Kier molecular flexibility index (Phi) is 4.86. The summed E-state index contributed by atoms with van der Waals surface area (Å²) >= 11 is 0. The third-order valence-corrected chi connectivity index (χ3v) is 3.37. The van der Waals surface area contributed by atoms with Crippen LogP contribution in [0.3, 0.4) is 0 Å². The standard InChI is InChI=1S/C14H17N3O4/c18-11-6-5-10(13(20)15-11)4-2-1-3-8-17-9-7-12(19)16-14(17)21/h5-7,9-10H,1-4,8H2,(H,15,18,20)(H,16,19,21). The maximum atomic E-state index is 11.5. The summed E-state index contributed by atoms with van der Waals surface area (Å²) < 4.78 is 1.45. The summed E-state index contributed by atoms with van der Waals surface area (Å²) in [6, 6.07) is 1.32. The number of aromatic amines is 1. The number of hydrogen-bond donors (Lipinski definition) is 2. The second-order valence-corrected chi connectivity index (χ2v) is 4.97. The highest BCUT2D eigenvalue weighted by Crippen LogP contribution is 2.14. The van der Waals surface area contributed by atoms with E-state index < -0.39 is 11.2 Å². The number of rotatable bonds is 6. The lowest BCUT2D eigenvalue weighted by molar-refractivity contribution is -0.130. The third kappa shape index (κ3) is 4.27. The number of carbonyl (C=O) groups excluding carboxylic acids is 2. The van der Waals surface area contributed by atoms with E-state index in [4.69, 9.17) is 0 Å². The molecule has 1 unspecified atom stereocenters. The van der Waals surface area contributed by atoms with E-state index in [0.29, 0.717) is 13.0 Å². The van der Waals surface area contributed by atoms with Gasteiger partial charge in [-0.2, -0.15) is 0 Å². The monoisotopic (exact) mass is 291 g/mol. The van der Waals surface area contributed by atoms with Gasteiger partial charge in [0.15, 0.2) is 0 Å². The molecule has 1 atom stereocenters. The molecule has 2 amide bonds. The van der Waals surface area contributed by atoms with Gasteiger partial charge in [0, 0.05) is 24.9 Å². The van der Waals surface area contributed by atoms with Crippen molar-refractivity contribution in [3.05, 3.63) is 45.3 Å². The van der Waals surface area contributed by atoms with Crippen LogP contribution in [0, 0.1) is 5.92 Å². The molecule has 0 aliphatic carbocycles. The Morgan fingerprint density at radius 3 is 2.62 bits per heavy atom. The van der Waals surface area contributed by atoms with E-state index in [1.54, 1.807) is 6.08 Å². The van der Waals surface area contributed by atoms with E-state index in [-0.39, 0.29) is 17.7 Å². The molecule has 0 aromatic carbocycles. The van der Waals surface area contributed by atoms with Crippen LogP contribution >= 0.6 is 0 Å². The summed E-state index contributed by atoms with van der Waals surface area (Å²) in [4.78, 5) is 47.0. The normalized spacial score (nSPS) is 17.8. The predicted molar refractivity (Wildman–Crippen MR) is 75.6 cm³/mol. The van der Waals surface area contributed by atoms with E-state index in [0.717, 1.165) is 19.3 Å². The fraction of sp³-hybridized carbons (Fsp3) is 0.429. The van der Waals surface area contributed by atoms with Crippen LogP contribution in [0.15, 0.2) is 34.0 Å². The number of imide groups is 1. The molecule has 0 fully saturated rings. The van der Waals surface area contributed by atoms with Crippen LogP contribution < -0.4 is 16.6 Å². The molecule has 112 valence electrons. The molecule has 0 saturated heterocycles. The summed E-state index contributed by atoms with van der Waals surface area (Å²) in [6.45, 7) is 0.529. The van der Waals surface area contributed by atoms with Crippen molar-refractivity contribution in [2.45, 2.75) is 32.2 Å². The summed E-state index contributed by atoms with van der Waals surface area (Å²) in [5.41, 5.74) is -0.809. The molecule has 1 aromatic heterocycles. The molecule has 1 aliphatic rings. The molecular formula is C14H17N3O4. The zero-order chi connectivity index (χ0) is 15.2. The third-order valence-electron chi connectivity index (χ3n) is 3.37. The molecule has 7 nitrogen and oxygen atoms in total. The van der Waals surface area contributed by atoms with Crippen molar-refractivity contribution >= 4 is 11.8 Å². The molecule has 0 bridgehead atoms. The van der Waals surface area contributed by atoms with Gasteiger partial charge in [0.25, 0.3) is 5.56 Å². The average molecular weight is 291 g/mol. The van der Waals surface area contributed by atoms with E-state index in [1.165, 1.54) is 22.9 Å². The van der Waals surface area contributed by atoms with Gasteiger partial charge in [-0.1, -0.05) is 18.9 Å². The van der Waals surface area contributed by atoms with E-state index >= 15 is 0 Å². The van der Waals surface area contributed by atoms with E-state index in [1.807, 2.05) is 0 Å². The van der Waals surface area contributed by atoms with Crippen molar-refractivity contribution < 1.29 is 9.59 Å². The van der Waals surface area contributed by atoms with Gasteiger partial charge >= 0.3 is 5.69 Å². The molecule has 1 aromatic rings. The zero-order valence-corrected chi connectivity index (χ0v) is 11.5. The zero-order valence-electron chi connectivity index (χ0n) is 11.5. The number of H-pyrrole nitrogens is 1. The Balaban J connectivity index is 1.72. The number of aromatic nitrogens is 2. The van der Waals surface area contributed by atoms with Gasteiger partial charge in [0.2, 0.25) is 11.8 Å².